The first kappa shape index (κ1) is 11.7. The summed E-state index contributed by atoms with van der Waals surface area (Å²) in [5.74, 6) is -2.02. The van der Waals surface area contributed by atoms with Crippen LogP contribution in [0, 0.1) is 18.6 Å². The van der Waals surface area contributed by atoms with Gasteiger partial charge in [-0.1, -0.05) is 18.2 Å². The summed E-state index contributed by atoms with van der Waals surface area (Å²) in [4.78, 5) is 3.99. The highest BCUT2D eigenvalue weighted by Gasteiger charge is 2.18. The van der Waals surface area contributed by atoms with E-state index < -0.39 is 17.7 Å². The Balaban J connectivity index is 2.40. The monoisotopic (exact) mass is 235 g/mol. The van der Waals surface area contributed by atoms with Crippen molar-refractivity contribution in [2.24, 2.45) is 0 Å². The molecule has 1 unspecified atom stereocenters. The minimum Gasteiger partial charge on any atom is -0.382 e. The molecule has 1 N–H and O–H groups in total. The number of hydrogen-bond donors (Lipinski definition) is 1. The van der Waals surface area contributed by atoms with Gasteiger partial charge in [0.1, 0.15) is 6.10 Å². The number of rotatable bonds is 2. The van der Waals surface area contributed by atoms with Crippen molar-refractivity contribution in [1.29, 1.82) is 0 Å². The Labute approximate surface area is 97.6 Å². The van der Waals surface area contributed by atoms with Gasteiger partial charge in [-0.25, -0.2) is 8.78 Å². The summed E-state index contributed by atoms with van der Waals surface area (Å²) in [6.45, 7) is 1.85. The summed E-state index contributed by atoms with van der Waals surface area (Å²) in [6, 6.07) is 7.04. The van der Waals surface area contributed by atoms with Gasteiger partial charge in [-0.05, 0) is 24.6 Å². The number of halogens is 2. The third-order valence-corrected chi connectivity index (χ3v) is 2.49. The van der Waals surface area contributed by atoms with Gasteiger partial charge in [-0.15, -0.1) is 0 Å². The van der Waals surface area contributed by atoms with Crippen LogP contribution in [0.3, 0.4) is 0 Å². The fourth-order valence-corrected chi connectivity index (χ4v) is 1.53. The molecule has 0 fully saturated rings. The van der Waals surface area contributed by atoms with Gasteiger partial charge in [0.25, 0.3) is 0 Å². The van der Waals surface area contributed by atoms with Gasteiger partial charge in [0.15, 0.2) is 11.6 Å². The van der Waals surface area contributed by atoms with Gasteiger partial charge in [-0.3, -0.25) is 4.98 Å². The smallest absolute Gasteiger partial charge is 0.165 e. The highest BCUT2D eigenvalue weighted by Crippen LogP contribution is 2.24. The summed E-state index contributed by atoms with van der Waals surface area (Å²) in [6.07, 6.45) is 0.307. The number of nitrogens with zero attached hydrogens (tertiary/aromatic N) is 1. The lowest BCUT2D eigenvalue weighted by Crippen LogP contribution is -2.06. The summed E-state index contributed by atoms with van der Waals surface area (Å²) < 4.78 is 26.5. The third kappa shape index (κ3) is 2.31. The third-order valence-electron chi connectivity index (χ3n) is 2.49. The number of hydrogen-bond acceptors (Lipinski definition) is 2. The average Bonchev–Trinajstić information content (AvgIpc) is 2.33. The molecule has 0 bridgehead atoms. The van der Waals surface area contributed by atoms with E-state index in [-0.39, 0.29) is 5.56 Å². The maximum absolute atomic E-state index is 13.5. The fourth-order valence-electron chi connectivity index (χ4n) is 1.53. The molecule has 88 valence electrons. The van der Waals surface area contributed by atoms with Crippen LogP contribution in [0.1, 0.15) is 22.9 Å². The van der Waals surface area contributed by atoms with E-state index in [2.05, 4.69) is 4.98 Å². The topological polar surface area (TPSA) is 33.1 Å². The van der Waals surface area contributed by atoms with Crippen LogP contribution in [0.4, 0.5) is 8.78 Å². The minimum absolute atomic E-state index is 0.110. The van der Waals surface area contributed by atoms with E-state index in [1.165, 1.54) is 12.1 Å². The predicted octanol–water partition coefficient (Wildman–Crippen LogP) is 2.75. The zero-order valence-electron chi connectivity index (χ0n) is 9.19. The van der Waals surface area contributed by atoms with Gasteiger partial charge in [0.2, 0.25) is 0 Å². The molecule has 1 aromatic carbocycles. The molecule has 2 rings (SSSR count). The van der Waals surface area contributed by atoms with Crippen molar-refractivity contribution in [3.63, 3.8) is 0 Å². The second kappa shape index (κ2) is 4.59. The van der Waals surface area contributed by atoms with Crippen LogP contribution in [0.15, 0.2) is 36.5 Å². The van der Waals surface area contributed by atoms with E-state index in [4.69, 9.17) is 0 Å². The molecule has 0 radical (unpaired) electrons. The Hall–Kier alpha value is -1.81. The zero-order chi connectivity index (χ0) is 12.4. The second-order valence-corrected chi connectivity index (χ2v) is 3.81. The Morgan fingerprint density at radius 2 is 1.94 bits per heavy atom. The van der Waals surface area contributed by atoms with Crippen molar-refractivity contribution in [1.82, 2.24) is 4.98 Å². The Morgan fingerprint density at radius 1 is 1.18 bits per heavy atom. The first-order chi connectivity index (χ1) is 8.09. The van der Waals surface area contributed by atoms with Crippen LogP contribution in [0.5, 0.6) is 0 Å². The van der Waals surface area contributed by atoms with Gasteiger partial charge >= 0.3 is 0 Å². The molecule has 0 amide bonds. The van der Waals surface area contributed by atoms with E-state index in [0.717, 1.165) is 11.6 Å². The van der Waals surface area contributed by atoms with Crippen molar-refractivity contribution in [3.8, 4) is 0 Å². The number of benzene rings is 1. The minimum atomic E-state index is -1.26. The number of aryl methyl sites for hydroxylation is 1. The first-order valence-electron chi connectivity index (χ1n) is 5.14. The lowest BCUT2D eigenvalue weighted by Gasteiger charge is -2.11. The van der Waals surface area contributed by atoms with E-state index >= 15 is 0 Å². The summed E-state index contributed by atoms with van der Waals surface area (Å²) in [7, 11) is 0. The largest absolute Gasteiger partial charge is 0.382 e. The number of aromatic nitrogens is 1. The highest BCUT2D eigenvalue weighted by atomic mass is 19.2. The number of aliphatic hydroxyl groups excluding tert-OH is 1. The molecule has 1 heterocycles. The molecule has 0 aliphatic carbocycles. The summed E-state index contributed by atoms with van der Waals surface area (Å²) >= 11 is 0. The zero-order valence-corrected chi connectivity index (χ0v) is 9.19. The molecule has 2 nitrogen and oxygen atoms in total. The standard InChI is InChI=1S/C13H11F2NO/c1-8-5-6-11(16-7-8)13(17)9-3-2-4-10(14)12(9)15/h2-7,13,17H,1H3. The van der Waals surface area contributed by atoms with Crippen molar-refractivity contribution in [2.45, 2.75) is 13.0 Å². The molecular formula is C13H11F2NO. The fraction of sp³-hybridized carbons (Fsp3) is 0.154. The van der Waals surface area contributed by atoms with E-state index in [0.29, 0.717) is 5.69 Å². The molecule has 4 heteroatoms. The molecular weight excluding hydrogens is 224 g/mol. The molecule has 0 saturated carbocycles. The lowest BCUT2D eigenvalue weighted by atomic mass is 10.0. The summed E-state index contributed by atoms with van der Waals surface area (Å²) in [5, 5.41) is 9.92. The quantitative estimate of drug-likeness (QED) is 0.868. The Morgan fingerprint density at radius 3 is 2.59 bits per heavy atom. The molecule has 1 aromatic heterocycles. The van der Waals surface area contributed by atoms with Gasteiger partial charge in [0, 0.05) is 11.8 Å². The van der Waals surface area contributed by atoms with Gasteiger partial charge < -0.3 is 5.11 Å². The molecule has 0 aliphatic heterocycles. The predicted molar refractivity (Wildman–Crippen MR) is 59.4 cm³/mol. The van der Waals surface area contributed by atoms with Crippen molar-refractivity contribution in [3.05, 3.63) is 65.0 Å². The molecule has 0 saturated heterocycles. The molecule has 1 atom stereocenters. The van der Waals surface area contributed by atoms with Gasteiger partial charge in [-0.2, -0.15) is 0 Å². The van der Waals surface area contributed by atoms with Crippen molar-refractivity contribution in [2.75, 3.05) is 0 Å². The van der Waals surface area contributed by atoms with Crippen molar-refractivity contribution >= 4 is 0 Å². The molecule has 2 aromatic rings. The van der Waals surface area contributed by atoms with E-state index in [9.17, 15) is 13.9 Å². The maximum Gasteiger partial charge on any atom is 0.165 e. The van der Waals surface area contributed by atoms with Crippen LogP contribution in [-0.4, -0.2) is 10.1 Å². The second-order valence-electron chi connectivity index (χ2n) is 3.81. The van der Waals surface area contributed by atoms with Crippen LogP contribution in [0.2, 0.25) is 0 Å². The first-order valence-corrected chi connectivity index (χ1v) is 5.14. The molecule has 17 heavy (non-hydrogen) atoms. The highest BCUT2D eigenvalue weighted by molar-refractivity contribution is 5.28. The number of pyridine rings is 1. The van der Waals surface area contributed by atoms with Crippen LogP contribution in [-0.2, 0) is 0 Å². The Kier molecular flexibility index (Phi) is 3.15. The van der Waals surface area contributed by atoms with Gasteiger partial charge in [0.05, 0.1) is 5.69 Å². The lowest BCUT2D eigenvalue weighted by molar-refractivity contribution is 0.208. The van der Waals surface area contributed by atoms with Crippen LogP contribution >= 0.6 is 0 Å². The van der Waals surface area contributed by atoms with E-state index in [1.807, 2.05) is 6.92 Å². The SMILES string of the molecule is Cc1ccc(C(O)c2cccc(F)c2F)nc1. The molecule has 0 aliphatic rings. The normalized spacial score (nSPS) is 12.5. The van der Waals surface area contributed by atoms with E-state index in [1.54, 1.807) is 18.3 Å². The van der Waals surface area contributed by atoms with Crippen LogP contribution < -0.4 is 0 Å². The molecule has 0 spiro atoms. The summed E-state index contributed by atoms with van der Waals surface area (Å²) in [5.41, 5.74) is 1.11. The number of aliphatic hydroxyl groups is 1. The van der Waals surface area contributed by atoms with Crippen LogP contribution in [0.25, 0.3) is 0 Å². The average molecular weight is 235 g/mol. The maximum atomic E-state index is 13.5. The Bertz CT molecular complexity index is 525. The van der Waals surface area contributed by atoms with Crippen molar-refractivity contribution < 1.29 is 13.9 Å².